The number of aromatic nitrogens is 1. The van der Waals surface area contributed by atoms with E-state index < -0.39 is 0 Å². The van der Waals surface area contributed by atoms with Crippen molar-refractivity contribution in [2.45, 2.75) is 25.4 Å². The molecule has 0 bridgehead atoms. The molecule has 130 valence electrons. The molecule has 1 aromatic carbocycles. The molecule has 0 spiro atoms. The van der Waals surface area contributed by atoms with Gasteiger partial charge in [0.15, 0.2) is 0 Å². The number of carbonyl (C=O) groups excluding carboxylic acids is 2. The molecule has 1 aromatic heterocycles. The van der Waals surface area contributed by atoms with Crippen LogP contribution in [0, 0.1) is 0 Å². The zero-order valence-electron chi connectivity index (χ0n) is 14.3. The summed E-state index contributed by atoms with van der Waals surface area (Å²) in [6.45, 7) is 2.43. The molecule has 0 radical (unpaired) electrons. The summed E-state index contributed by atoms with van der Waals surface area (Å²) in [5.74, 6) is 0.435. The highest BCUT2D eigenvalue weighted by atomic mass is 16.5. The summed E-state index contributed by atoms with van der Waals surface area (Å²) >= 11 is 0. The van der Waals surface area contributed by atoms with Crippen LogP contribution in [0.15, 0.2) is 48.8 Å². The van der Waals surface area contributed by atoms with E-state index in [0.717, 1.165) is 5.56 Å². The highest BCUT2D eigenvalue weighted by Gasteiger charge is 2.39. The number of nitrogens with one attached hydrogen (secondary N) is 1. The van der Waals surface area contributed by atoms with E-state index in [4.69, 9.17) is 4.74 Å². The van der Waals surface area contributed by atoms with Crippen LogP contribution in [0.2, 0.25) is 0 Å². The van der Waals surface area contributed by atoms with Gasteiger partial charge in [0.05, 0.1) is 18.7 Å². The average Bonchev–Trinajstić information content (AvgIpc) is 2.90. The standard InChI is InChI=1S/C19H21N3O3/c1-3-25-15-8-4-6-13(10-15)19(24)21-16-11-17(23)22(2)18(16)14-7-5-9-20-12-14/h4-10,12,16,18H,3,11H2,1-2H3,(H,21,24)/t16-,18+/m1/s1. The van der Waals surface area contributed by atoms with Crippen LogP contribution in [-0.2, 0) is 4.79 Å². The van der Waals surface area contributed by atoms with Gasteiger partial charge in [-0.2, -0.15) is 0 Å². The second-order valence-corrected chi connectivity index (χ2v) is 5.98. The normalized spacial score (nSPS) is 19.8. The van der Waals surface area contributed by atoms with Crippen LogP contribution in [0.25, 0.3) is 0 Å². The van der Waals surface area contributed by atoms with Crippen molar-refractivity contribution in [3.05, 3.63) is 59.9 Å². The Morgan fingerprint density at radius 3 is 2.92 bits per heavy atom. The fraction of sp³-hybridized carbons (Fsp3) is 0.316. The van der Waals surface area contributed by atoms with E-state index in [9.17, 15) is 9.59 Å². The largest absolute Gasteiger partial charge is 0.494 e. The zero-order chi connectivity index (χ0) is 17.8. The third-order valence-electron chi connectivity index (χ3n) is 4.34. The highest BCUT2D eigenvalue weighted by Crippen LogP contribution is 2.31. The predicted molar refractivity (Wildman–Crippen MR) is 93.2 cm³/mol. The van der Waals surface area contributed by atoms with Gasteiger partial charge >= 0.3 is 0 Å². The molecule has 1 aliphatic heterocycles. The summed E-state index contributed by atoms with van der Waals surface area (Å²) in [5.41, 5.74) is 1.42. The maximum Gasteiger partial charge on any atom is 0.251 e. The lowest BCUT2D eigenvalue weighted by Crippen LogP contribution is -2.39. The molecule has 6 heteroatoms. The van der Waals surface area contributed by atoms with Gasteiger partial charge in [0, 0.05) is 31.4 Å². The minimum absolute atomic E-state index is 0.00206. The first kappa shape index (κ1) is 17.0. The average molecular weight is 339 g/mol. The summed E-state index contributed by atoms with van der Waals surface area (Å²) in [5, 5.41) is 2.99. The van der Waals surface area contributed by atoms with Crippen molar-refractivity contribution in [2.24, 2.45) is 0 Å². The van der Waals surface area contributed by atoms with Crippen LogP contribution in [0.1, 0.15) is 35.3 Å². The van der Waals surface area contributed by atoms with Gasteiger partial charge in [0.2, 0.25) is 5.91 Å². The minimum Gasteiger partial charge on any atom is -0.494 e. The lowest BCUT2D eigenvalue weighted by atomic mass is 10.0. The van der Waals surface area contributed by atoms with Crippen molar-refractivity contribution in [3.63, 3.8) is 0 Å². The van der Waals surface area contributed by atoms with Crippen molar-refractivity contribution in [1.29, 1.82) is 0 Å². The Morgan fingerprint density at radius 1 is 1.36 bits per heavy atom. The van der Waals surface area contributed by atoms with Crippen molar-refractivity contribution in [3.8, 4) is 5.75 Å². The Kier molecular flexibility index (Phi) is 4.97. The van der Waals surface area contributed by atoms with Gasteiger partial charge < -0.3 is 15.0 Å². The number of nitrogens with zero attached hydrogens (tertiary/aromatic N) is 2. The molecular weight excluding hydrogens is 318 g/mol. The highest BCUT2D eigenvalue weighted by molar-refractivity contribution is 5.95. The number of hydrogen-bond acceptors (Lipinski definition) is 4. The van der Waals surface area contributed by atoms with Crippen molar-refractivity contribution >= 4 is 11.8 Å². The molecule has 3 rings (SSSR count). The number of pyridine rings is 1. The van der Waals surface area contributed by atoms with Gasteiger partial charge in [0.1, 0.15) is 5.75 Å². The van der Waals surface area contributed by atoms with Gasteiger partial charge in [-0.1, -0.05) is 12.1 Å². The Hall–Kier alpha value is -2.89. The van der Waals surface area contributed by atoms with E-state index in [2.05, 4.69) is 10.3 Å². The quantitative estimate of drug-likeness (QED) is 0.906. The summed E-state index contributed by atoms with van der Waals surface area (Å²) in [4.78, 5) is 30.6. The van der Waals surface area contributed by atoms with Crippen LogP contribution in [-0.4, -0.2) is 41.4 Å². The predicted octanol–water partition coefficient (Wildman–Crippen LogP) is 2.18. The Bertz CT molecular complexity index is 764. The van der Waals surface area contributed by atoms with E-state index in [1.54, 1.807) is 42.5 Å². The molecule has 1 fully saturated rings. The minimum atomic E-state index is -0.301. The maximum absolute atomic E-state index is 12.6. The first-order valence-corrected chi connectivity index (χ1v) is 8.29. The number of likely N-dealkylation sites (N-methyl/N-ethyl adjacent to an activating group) is 1. The fourth-order valence-corrected chi connectivity index (χ4v) is 3.15. The SMILES string of the molecule is CCOc1cccc(C(=O)N[C@@H]2CC(=O)N(C)[C@H]2c2cccnc2)c1. The molecule has 2 heterocycles. The van der Waals surface area contributed by atoms with Gasteiger partial charge in [-0.25, -0.2) is 0 Å². The van der Waals surface area contributed by atoms with Crippen LogP contribution in [0.5, 0.6) is 5.75 Å². The summed E-state index contributed by atoms with van der Waals surface area (Å²) < 4.78 is 5.44. The molecule has 0 aliphatic carbocycles. The smallest absolute Gasteiger partial charge is 0.251 e. The molecule has 1 saturated heterocycles. The Morgan fingerprint density at radius 2 is 2.20 bits per heavy atom. The van der Waals surface area contributed by atoms with Crippen LogP contribution >= 0.6 is 0 Å². The van der Waals surface area contributed by atoms with Gasteiger partial charge in [-0.05, 0) is 36.8 Å². The van der Waals surface area contributed by atoms with Crippen molar-refractivity contribution in [2.75, 3.05) is 13.7 Å². The number of benzene rings is 1. The number of amides is 2. The first-order chi connectivity index (χ1) is 12.1. The van der Waals surface area contributed by atoms with E-state index in [-0.39, 0.29) is 30.3 Å². The molecular formula is C19H21N3O3. The molecule has 2 amide bonds. The third kappa shape index (κ3) is 3.63. The van der Waals surface area contributed by atoms with Crippen LogP contribution < -0.4 is 10.1 Å². The van der Waals surface area contributed by atoms with E-state index in [0.29, 0.717) is 17.9 Å². The van der Waals surface area contributed by atoms with E-state index >= 15 is 0 Å². The molecule has 6 nitrogen and oxygen atoms in total. The number of hydrogen-bond donors (Lipinski definition) is 1. The van der Waals surface area contributed by atoms with E-state index in [1.165, 1.54) is 0 Å². The van der Waals surface area contributed by atoms with Crippen LogP contribution in [0.4, 0.5) is 0 Å². The number of carbonyl (C=O) groups is 2. The van der Waals surface area contributed by atoms with Gasteiger partial charge in [-0.3, -0.25) is 14.6 Å². The lowest BCUT2D eigenvalue weighted by molar-refractivity contribution is -0.127. The van der Waals surface area contributed by atoms with Gasteiger partial charge in [0.25, 0.3) is 5.91 Å². The first-order valence-electron chi connectivity index (χ1n) is 8.29. The van der Waals surface area contributed by atoms with Crippen molar-refractivity contribution < 1.29 is 14.3 Å². The Balaban J connectivity index is 1.79. The lowest BCUT2D eigenvalue weighted by Gasteiger charge is -2.25. The topological polar surface area (TPSA) is 71.5 Å². The molecule has 25 heavy (non-hydrogen) atoms. The molecule has 2 aromatic rings. The molecule has 0 unspecified atom stereocenters. The zero-order valence-corrected chi connectivity index (χ0v) is 14.3. The number of ether oxygens (including phenoxy) is 1. The van der Waals surface area contributed by atoms with E-state index in [1.807, 2.05) is 25.1 Å². The molecule has 1 N–H and O–H groups in total. The summed E-state index contributed by atoms with van der Waals surface area (Å²) in [7, 11) is 1.75. The Labute approximate surface area is 146 Å². The second kappa shape index (κ2) is 7.34. The fourth-order valence-electron chi connectivity index (χ4n) is 3.15. The van der Waals surface area contributed by atoms with Crippen LogP contribution in [0.3, 0.4) is 0 Å². The summed E-state index contributed by atoms with van der Waals surface area (Å²) in [6, 6.07) is 10.3. The monoisotopic (exact) mass is 339 g/mol. The molecule has 0 saturated carbocycles. The second-order valence-electron chi connectivity index (χ2n) is 5.98. The number of rotatable bonds is 5. The third-order valence-corrected chi connectivity index (χ3v) is 4.34. The molecule has 1 aliphatic rings. The maximum atomic E-state index is 12.6. The van der Waals surface area contributed by atoms with Crippen molar-refractivity contribution in [1.82, 2.24) is 15.2 Å². The number of likely N-dealkylation sites (tertiary alicyclic amines) is 1. The van der Waals surface area contributed by atoms with Gasteiger partial charge in [-0.15, -0.1) is 0 Å². The summed E-state index contributed by atoms with van der Waals surface area (Å²) in [6.07, 6.45) is 3.69. The molecule has 2 atom stereocenters.